The second-order valence-electron chi connectivity index (χ2n) is 8.04. The standard InChI is InChI=1S/C25H27F2N5/c1-2-17-6-5-7-18(10-17)15-29-16-22(25-31-30-24-8-3-4-9-32(24)25)23(28)13-19-11-20(26)14-21(27)12-19/h3-12,14,22-23,29H,2,13,15-16,28H2,1H3/t22-,23+/m1/s1. The van der Waals surface area contributed by atoms with E-state index >= 15 is 0 Å². The van der Waals surface area contributed by atoms with Crippen molar-refractivity contribution in [2.45, 2.75) is 38.3 Å². The van der Waals surface area contributed by atoms with Gasteiger partial charge in [0.25, 0.3) is 0 Å². The van der Waals surface area contributed by atoms with Crippen molar-refractivity contribution in [3.8, 4) is 0 Å². The van der Waals surface area contributed by atoms with Crippen molar-refractivity contribution in [3.63, 3.8) is 0 Å². The van der Waals surface area contributed by atoms with E-state index in [1.165, 1.54) is 23.3 Å². The number of aromatic nitrogens is 3. The summed E-state index contributed by atoms with van der Waals surface area (Å²) in [4.78, 5) is 0. The number of nitrogens with one attached hydrogen (secondary N) is 1. The number of fused-ring (bicyclic) bond motifs is 1. The molecule has 0 spiro atoms. The first-order chi connectivity index (χ1) is 15.5. The monoisotopic (exact) mass is 435 g/mol. The van der Waals surface area contributed by atoms with Gasteiger partial charge >= 0.3 is 0 Å². The number of nitrogens with two attached hydrogens (primary N) is 1. The number of halogens is 2. The average molecular weight is 436 g/mol. The third kappa shape index (κ3) is 5.18. The Morgan fingerprint density at radius 1 is 0.938 bits per heavy atom. The van der Waals surface area contributed by atoms with E-state index < -0.39 is 17.7 Å². The molecule has 2 aromatic carbocycles. The van der Waals surface area contributed by atoms with E-state index in [0.717, 1.165) is 24.0 Å². The van der Waals surface area contributed by atoms with Gasteiger partial charge in [0.2, 0.25) is 0 Å². The highest BCUT2D eigenvalue weighted by molar-refractivity contribution is 5.38. The van der Waals surface area contributed by atoms with Crippen LogP contribution in [0.3, 0.4) is 0 Å². The fourth-order valence-electron chi connectivity index (χ4n) is 4.02. The second kappa shape index (κ2) is 9.97. The molecule has 0 radical (unpaired) electrons. The molecule has 2 heterocycles. The first kappa shape index (κ1) is 22.0. The van der Waals surface area contributed by atoms with Crippen molar-refractivity contribution in [3.05, 3.63) is 101 Å². The Balaban J connectivity index is 1.56. The fourth-order valence-corrected chi connectivity index (χ4v) is 4.02. The van der Waals surface area contributed by atoms with Crippen molar-refractivity contribution in [2.24, 2.45) is 5.73 Å². The van der Waals surface area contributed by atoms with Crippen LogP contribution in [0.5, 0.6) is 0 Å². The molecule has 0 saturated carbocycles. The van der Waals surface area contributed by atoms with E-state index in [1.807, 2.05) is 28.8 Å². The smallest absolute Gasteiger partial charge is 0.160 e. The molecular weight excluding hydrogens is 408 g/mol. The van der Waals surface area contributed by atoms with Gasteiger partial charge in [0.05, 0.1) is 0 Å². The quantitative estimate of drug-likeness (QED) is 0.417. The van der Waals surface area contributed by atoms with Gasteiger partial charge in [0, 0.05) is 37.3 Å². The summed E-state index contributed by atoms with van der Waals surface area (Å²) in [6, 6.07) is 17.2. The summed E-state index contributed by atoms with van der Waals surface area (Å²) >= 11 is 0. The third-order valence-corrected chi connectivity index (χ3v) is 5.68. The summed E-state index contributed by atoms with van der Waals surface area (Å²) in [5.41, 5.74) is 10.3. The van der Waals surface area contributed by atoms with E-state index in [-0.39, 0.29) is 5.92 Å². The fraction of sp³-hybridized carbons (Fsp3) is 0.280. The minimum atomic E-state index is -0.606. The third-order valence-electron chi connectivity index (χ3n) is 5.68. The van der Waals surface area contributed by atoms with E-state index in [4.69, 9.17) is 5.73 Å². The maximum absolute atomic E-state index is 13.7. The van der Waals surface area contributed by atoms with Gasteiger partial charge in [-0.25, -0.2) is 8.78 Å². The molecule has 0 saturated heterocycles. The molecular formula is C25H27F2N5. The summed E-state index contributed by atoms with van der Waals surface area (Å²) < 4.78 is 29.3. The molecule has 4 aromatic rings. The number of pyridine rings is 1. The number of hydrogen-bond donors (Lipinski definition) is 2. The van der Waals surface area contributed by atoms with Crippen LogP contribution in [0, 0.1) is 11.6 Å². The van der Waals surface area contributed by atoms with Gasteiger partial charge in [-0.15, -0.1) is 10.2 Å². The van der Waals surface area contributed by atoms with Crippen LogP contribution in [0.4, 0.5) is 8.78 Å². The number of nitrogens with zero attached hydrogens (tertiary/aromatic N) is 3. The molecule has 0 amide bonds. The predicted molar refractivity (Wildman–Crippen MR) is 121 cm³/mol. The van der Waals surface area contributed by atoms with Gasteiger partial charge in [0.15, 0.2) is 5.65 Å². The Morgan fingerprint density at radius 3 is 2.50 bits per heavy atom. The van der Waals surface area contributed by atoms with E-state index in [9.17, 15) is 8.78 Å². The number of benzene rings is 2. The highest BCUT2D eigenvalue weighted by atomic mass is 19.1. The minimum absolute atomic E-state index is 0.215. The van der Waals surface area contributed by atoms with Gasteiger partial charge in [-0.05, 0) is 53.8 Å². The average Bonchev–Trinajstić information content (AvgIpc) is 3.20. The van der Waals surface area contributed by atoms with Gasteiger partial charge in [0.1, 0.15) is 17.5 Å². The molecule has 32 heavy (non-hydrogen) atoms. The lowest BCUT2D eigenvalue weighted by atomic mass is 9.93. The molecule has 5 nitrogen and oxygen atoms in total. The zero-order valence-corrected chi connectivity index (χ0v) is 18.0. The minimum Gasteiger partial charge on any atom is -0.327 e. The van der Waals surface area contributed by atoms with Crippen LogP contribution in [0.15, 0.2) is 66.9 Å². The number of rotatable bonds is 9. The molecule has 2 atom stereocenters. The zero-order valence-electron chi connectivity index (χ0n) is 18.0. The summed E-state index contributed by atoms with van der Waals surface area (Å²) in [6.45, 7) is 3.36. The largest absolute Gasteiger partial charge is 0.327 e. The Kier molecular flexibility index (Phi) is 6.87. The summed E-state index contributed by atoms with van der Waals surface area (Å²) in [6.07, 6.45) is 3.20. The first-order valence-electron chi connectivity index (χ1n) is 10.8. The number of aryl methyl sites for hydroxylation is 1. The lowest BCUT2D eigenvalue weighted by molar-refractivity contribution is 0.463. The highest BCUT2D eigenvalue weighted by Crippen LogP contribution is 2.21. The first-order valence-corrected chi connectivity index (χ1v) is 10.8. The SMILES string of the molecule is CCc1cccc(CNC[C@@H](c2nnc3ccccn23)[C@@H](N)Cc2cc(F)cc(F)c2)c1. The molecule has 0 bridgehead atoms. The summed E-state index contributed by atoms with van der Waals surface area (Å²) in [7, 11) is 0. The van der Waals surface area contributed by atoms with E-state index in [0.29, 0.717) is 25.1 Å². The van der Waals surface area contributed by atoms with Crippen molar-refractivity contribution in [1.82, 2.24) is 19.9 Å². The molecule has 2 aromatic heterocycles. The molecule has 0 aliphatic heterocycles. The molecule has 0 aliphatic rings. The normalized spacial score (nSPS) is 13.4. The van der Waals surface area contributed by atoms with Crippen LogP contribution >= 0.6 is 0 Å². The van der Waals surface area contributed by atoms with Crippen molar-refractivity contribution in [1.29, 1.82) is 0 Å². The Labute approximate surface area is 186 Å². The lowest BCUT2D eigenvalue weighted by Gasteiger charge is -2.23. The summed E-state index contributed by atoms with van der Waals surface area (Å²) in [5, 5.41) is 12.1. The van der Waals surface area contributed by atoms with Gasteiger partial charge < -0.3 is 11.1 Å². The molecule has 0 fully saturated rings. The Morgan fingerprint density at radius 2 is 1.72 bits per heavy atom. The second-order valence-corrected chi connectivity index (χ2v) is 8.04. The van der Waals surface area contributed by atoms with Crippen LogP contribution in [0.25, 0.3) is 5.65 Å². The van der Waals surface area contributed by atoms with Crippen LogP contribution in [-0.2, 0) is 19.4 Å². The Hall–Kier alpha value is -3.16. The van der Waals surface area contributed by atoms with Crippen molar-refractivity contribution >= 4 is 5.65 Å². The van der Waals surface area contributed by atoms with Crippen molar-refractivity contribution < 1.29 is 8.78 Å². The lowest BCUT2D eigenvalue weighted by Crippen LogP contribution is -2.38. The van der Waals surface area contributed by atoms with Gasteiger partial charge in [-0.3, -0.25) is 4.40 Å². The van der Waals surface area contributed by atoms with E-state index in [2.05, 4.69) is 46.7 Å². The van der Waals surface area contributed by atoms with Crippen LogP contribution in [-0.4, -0.2) is 27.2 Å². The molecule has 0 aliphatic carbocycles. The molecule has 7 heteroatoms. The molecule has 4 rings (SSSR count). The van der Waals surface area contributed by atoms with Gasteiger partial charge in [-0.1, -0.05) is 37.3 Å². The molecule has 166 valence electrons. The summed E-state index contributed by atoms with van der Waals surface area (Å²) in [5.74, 6) is -0.705. The van der Waals surface area contributed by atoms with Gasteiger partial charge in [-0.2, -0.15) is 0 Å². The van der Waals surface area contributed by atoms with Crippen LogP contribution in [0.1, 0.15) is 35.4 Å². The van der Waals surface area contributed by atoms with Crippen molar-refractivity contribution in [2.75, 3.05) is 6.54 Å². The Bertz CT molecular complexity index is 1170. The van der Waals surface area contributed by atoms with E-state index in [1.54, 1.807) is 0 Å². The molecule has 3 N–H and O–H groups in total. The van der Waals surface area contributed by atoms with Crippen LogP contribution in [0.2, 0.25) is 0 Å². The predicted octanol–water partition coefficient (Wildman–Crippen LogP) is 4.01. The zero-order chi connectivity index (χ0) is 22.5. The maximum Gasteiger partial charge on any atom is 0.160 e. The topological polar surface area (TPSA) is 68.2 Å². The maximum atomic E-state index is 13.7. The number of hydrogen-bond acceptors (Lipinski definition) is 4. The highest BCUT2D eigenvalue weighted by Gasteiger charge is 2.25. The van der Waals surface area contributed by atoms with Crippen LogP contribution < -0.4 is 11.1 Å². The molecule has 0 unspecified atom stereocenters.